The highest BCUT2D eigenvalue weighted by Gasteiger charge is 2.13. The first-order valence-electron chi connectivity index (χ1n) is 7.41. The van der Waals surface area contributed by atoms with E-state index in [1.165, 1.54) is 11.1 Å². The molecule has 0 fully saturated rings. The lowest BCUT2D eigenvalue weighted by molar-refractivity contribution is 0.731. The fourth-order valence-corrected chi connectivity index (χ4v) is 3.13. The molecule has 1 aromatic carbocycles. The van der Waals surface area contributed by atoms with E-state index in [1.54, 1.807) is 24.2 Å². The van der Waals surface area contributed by atoms with Crippen molar-refractivity contribution in [3.05, 3.63) is 72.6 Å². The lowest BCUT2D eigenvalue weighted by Crippen LogP contribution is -2.00. The van der Waals surface area contributed by atoms with Crippen LogP contribution in [0.15, 0.2) is 66.6 Å². The van der Waals surface area contributed by atoms with Crippen LogP contribution in [0.4, 0.5) is 0 Å². The second kappa shape index (κ2) is 7.24. The molecule has 0 saturated carbocycles. The van der Waals surface area contributed by atoms with E-state index >= 15 is 0 Å². The predicted molar refractivity (Wildman–Crippen MR) is 94.2 cm³/mol. The van der Waals surface area contributed by atoms with E-state index in [0.717, 1.165) is 22.3 Å². The predicted octanol–water partition coefficient (Wildman–Crippen LogP) is 4.13. The van der Waals surface area contributed by atoms with E-state index in [2.05, 4.69) is 57.5 Å². The van der Waals surface area contributed by atoms with Gasteiger partial charge in [0.1, 0.15) is 0 Å². The maximum Gasteiger partial charge on any atom is 0.192 e. The Bertz CT molecular complexity index is 779. The first-order valence-corrected chi connectivity index (χ1v) is 8.39. The van der Waals surface area contributed by atoms with Gasteiger partial charge in [0, 0.05) is 30.3 Å². The molecule has 3 aromatic rings. The molecule has 23 heavy (non-hydrogen) atoms. The fourth-order valence-electron chi connectivity index (χ4n) is 2.23. The van der Waals surface area contributed by atoms with Gasteiger partial charge in [0.25, 0.3) is 0 Å². The summed E-state index contributed by atoms with van der Waals surface area (Å²) in [6.07, 6.45) is 5.42. The zero-order valence-electron chi connectivity index (χ0n) is 13.0. The third-order valence-electron chi connectivity index (χ3n) is 3.44. The van der Waals surface area contributed by atoms with Crippen LogP contribution in [0, 0.1) is 6.92 Å². The third-order valence-corrected chi connectivity index (χ3v) is 4.47. The van der Waals surface area contributed by atoms with Gasteiger partial charge in [-0.05, 0) is 24.6 Å². The van der Waals surface area contributed by atoms with Gasteiger partial charge < -0.3 is 0 Å². The molecular weight excluding hydrogens is 304 g/mol. The molecule has 0 spiro atoms. The minimum Gasteiger partial charge on any atom is -0.298 e. The standard InChI is InChI=1S/C18H18N4S/c1-3-11-22-17(16-5-4-10-19-12-16)20-21-18(22)23-13-15-8-6-14(2)7-9-15/h3-10,12H,1,11,13H2,2H3. The maximum atomic E-state index is 4.34. The Morgan fingerprint density at radius 1 is 1.17 bits per heavy atom. The summed E-state index contributed by atoms with van der Waals surface area (Å²) in [5.41, 5.74) is 3.51. The number of hydrogen-bond acceptors (Lipinski definition) is 4. The molecule has 116 valence electrons. The third kappa shape index (κ3) is 3.68. The summed E-state index contributed by atoms with van der Waals surface area (Å²) in [6, 6.07) is 12.5. The first kappa shape index (κ1) is 15.5. The molecule has 0 N–H and O–H groups in total. The minimum atomic E-state index is 0.674. The molecular formula is C18H18N4S. The van der Waals surface area contributed by atoms with E-state index in [9.17, 15) is 0 Å². The molecule has 0 radical (unpaired) electrons. The van der Waals surface area contributed by atoms with Crippen LogP contribution in [-0.2, 0) is 12.3 Å². The van der Waals surface area contributed by atoms with Crippen molar-refractivity contribution < 1.29 is 0 Å². The second-order valence-corrected chi connectivity index (χ2v) is 6.16. The van der Waals surface area contributed by atoms with Crippen molar-refractivity contribution in [1.29, 1.82) is 0 Å². The molecule has 0 amide bonds. The van der Waals surface area contributed by atoms with Crippen LogP contribution in [0.2, 0.25) is 0 Å². The molecule has 0 aliphatic heterocycles. The molecule has 0 aliphatic rings. The topological polar surface area (TPSA) is 43.6 Å². The van der Waals surface area contributed by atoms with Crippen molar-refractivity contribution in [2.75, 3.05) is 0 Å². The number of allylic oxidation sites excluding steroid dienone is 1. The average molecular weight is 322 g/mol. The van der Waals surface area contributed by atoms with E-state index in [4.69, 9.17) is 0 Å². The van der Waals surface area contributed by atoms with Gasteiger partial charge in [0.15, 0.2) is 11.0 Å². The van der Waals surface area contributed by atoms with Crippen molar-refractivity contribution in [3.8, 4) is 11.4 Å². The number of aryl methyl sites for hydroxylation is 1. The molecule has 0 bridgehead atoms. The van der Waals surface area contributed by atoms with Crippen LogP contribution in [0.1, 0.15) is 11.1 Å². The fraction of sp³-hybridized carbons (Fsp3) is 0.167. The molecule has 2 aromatic heterocycles. The van der Waals surface area contributed by atoms with Gasteiger partial charge in [0.2, 0.25) is 0 Å². The quantitative estimate of drug-likeness (QED) is 0.505. The van der Waals surface area contributed by atoms with Crippen LogP contribution >= 0.6 is 11.8 Å². The summed E-state index contributed by atoms with van der Waals surface area (Å²) in [4.78, 5) is 4.16. The van der Waals surface area contributed by atoms with Crippen LogP contribution in [0.3, 0.4) is 0 Å². The summed E-state index contributed by atoms with van der Waals surface area (Å²) < 4.78 is 2.07. The summed E-state index contributed by atoms with van der Waals surface area (Å²) in [5.74, 6) is 1.69. The number of rotatable bonds is 6. The summed E-state index contributed by atoms with van der Waals surface area (Å²) in [6.45, 7) is 6.61. The smallest absolute Gasteiger partial charge is 0.192 e. The summed E-state index contributed by atoms with van der Waals surface area (Å²) in [7, 11) is 0. The van der Waals surface area contributed by atoms with Gasteiger partial charge in [-0.1, -0.05) is 47.7 Å². The van der Waals surface area contributed by atoms with Gasteiger partial charge in [-0.25, -0.2) is 0 Å². The van der Waals surface area contributed by atoms with Gasteiger partial charge in [-0.2, -0.15) is 0 Å². The average Bonchev–Trinajstić information content (AvgIpc) is 2.98. The van der Waals surface area contributed by atoms with Gasteiger partial charge in [-0.15, -0.1) is 16.8 Å². The highest BCUT2D eigenvalue weighted by Crippen LogP contribution is 2.26. The highest BCUT2D eigenvalue weighted by atomic mass is 32.2. The Kier molecular flexibility index (Phi) is 4.88. The van der Waals surface area contributed by atoms with Gasteiger partial charge in [0.05, 0.1) is 0 Å². The Hall–Kier alpha value is -2.40. The zero-order valence-corrected chi connectivity index (χ0v) is 13.8. The van der Waals surface area contributed by atoms with Crippen molar-refractivity contribution >= 4 is 11.8 Å². The highest BCUT2D eigenvalue weighted by molar-refractivity contribution is 7.98. The zero-order chi connectivity index (χ0) is 16.1. The molecule has 3 rings (SSSR count). The summed E-state index contributed by atoms with van der Waals surface area (Å²) in [5, 5.41) is 9.57. The molecule has 0 atom stereocenters. The molecule has 0 aliphatic carbocycles. The minimum absolute atomic E-state index is 0.674. The molecule has 4 nitrogen and oxygen atoms in total. The van der Waals surface area contributed by atoms with Crippen molar-refractivity contribution in [2.45, 2.75) is 24.4 Å². The monoisotopic (exact) mass is 322 g/mol. The number of pyridine rings is 1. The van der Waals surface area contributed by atoms with E-state index in [-0.39, 0.29) is 0 Å². The van der Waals surface area contributed by atoms with Gasteiger partial charge in [-0.3, -0.25) is 9.55 Å². The van der Waals surface area contributed by atoms with E-state index < -0.39 is 0 Å². The lowest BCUT2D eigenvalue weighted by atomic mass is 10.2. The Morgan fingerprint density at radius 3 is 2.70 bits per heavy atom. The number of benzene rings is 1. The van der Waals surface area contributed by atoms with E-state index in [0.29, 0.717) is 6.54 Å². The molecule has 0 unspecified atom stereocenters. The number of hydrogen-bond donors (Lipinski definition) is 0. The SMILES string of the molecule is C=CCn1c(SCc2ccc(C)cc2)nnc1-c1cccnc1. The number of nitrogens with zero attached hydrogens (tertiary/aromatic N) is 4. The van der Waals surface area contributed by atoms with Crippen LogP contribution in [-0.4, -0.2) is 19.7 Å². The van der Waals surface area contributed by atoms with Crippen LogP contribution in [0.25, 0.3) is 11.4 Å². The number of thioether (sulfide) groups is 1. The molecule has 2 heterocycles. The Morgan fingerprint density at radius 2 is 2.00 bits per heavy atom. The van der Waals surface area contributed by atoms with Gasteiger partial charge >= 0.3 is 0 Å². The number of aromatic nitrogens is 4. The molecule has 0 saturated heterocycles. The maximum absolute atomic E-state index is 4.34. The largest absolute Gasteiger partial charge is 0.298 e. The summed E-state index contributed by atoms with van der Waals surface area (Å²) >= 11 is 1.68. The van der Waals surface area contributed by atoms with E-state index in [1.807, 2.05) is 18.2 Å². The normalized spacial score (nSPS) is 10.7. The van der Waals surface area contributed by atoms with Crippen molar-refractivity contribution in [2.24, 2.45) is 0 Å². The van der Waals surface area contributed by atoms with Crippen molar-refractivity contribution in [1.82, 2.24) is 19.7 Å². The van der Waals surface area contributed by atoms with Crippen LogP contribution in [0.5, 0.6) is 0 Å². The molecule has 5 heteroatoms. The second-order valence-electron chi connectivity index (χ2n) is 5.22. The Balaban J connectivity index is 1.83. The first-order chi connectivity index (χ1) is 11.3. The van der Waals surface area contributed by atoms with Crippen LogP contribution < -0.4 is 0 Å². The lowest BCUT2D eigenvalue weighted by Gasteiger charge is -2.07. The van der Waals surface area contributed by atoms with Crippen molar-refractivity contribution in [3.63, 3.8) is 0 Å². The Labute approximate surface area is 140 Å².